The summed E-state index contributed by atoms with van der Waals surface area (Å²) in [7, 11) is 1.63. The molecule has 0 aliphatic heterocycles. The molecule has 5 heteroatoms. The van der Waals surface area contributed by atoms with E-state index in [2.05, 4.69) is 10.5 Å². The van der Waals surface area contributed by atoms with Gasteiger partial charge in [0.05, 0.1) is 19.6 Å². The summed E-state index contributed by atoms with van der Waals surface area (Å²) in [5.41, 5.74) is 4.96. The van der Waals surface area contributed by atoms with E-state index in [-0.39, 0.29) is 5.91 Å². The number of hydrazone groups is 1. The second-order valence-electron chi connectivity index (χ2n) is 5.02. The van der Waals surface area contributed by atoms with E-state index in [4.69, 9.17) is 9.15 Å². The van der Waals surface area contributed by atoms with E-state index in [9.17, 15) is 4.79 Å². The van der Waals surface area contributed by atoms with E-state index < -0.39 is 0 Å². The van der Waals surface area contributed by atoms with E-state index in [1.807, 2.05) is 42.5 Å². The van der Waals surface area contributed by atoms with E-state index in [1.54, 1.807) is 31.6 Å². The molecule has 0 spiro atoms. The fourth-order valence-corrected chi connectivity index (χ4v) is 2.21. The molecule has 0 saturated carbocycles. The number of carbonyl (C=O) groups excluding carboxylic acids is 1. The van der Waals surface area contributed by atoms with E-state index >= 15 is 0 Å². The largest absolute Gasteiger partial charge is 0.497 e. The maximum atomic E-state index is 12.2. The highest BCUT2D eigenvalue weighted by Crippen LogP contribution is 2.23. The molecule has 0 saturated heterocycles. The van der Waals surface area contributed by atoms with Crippen LogP contribution in [-0.2, 0) is 0 Å². The predicted molar refractivity (Wildman–Crippen MR) is 92.2 cm³/mol. The van der Waals surface area contributed by atoms with Crippen LogP contribution in [0, 0.1) is 0 Å². The van der Waals surface area contributed by atoms with Crippen LogP contribution in [0.5, 0.6) is 5.75 Å². The summed E-state index contributed by atoms with van der Waals surface area (Å²) >= 11 is 0. The van der Waals surface area contributed by atoms with E-state index in [1.165, 1.54) is 6.21 Å². The molecule has 1 aromatic heterocycles. The zero-order valence-corrected chi connectivity index (χ0v) is 13.1. The lowest BCUT2D eigenvalue weighted by molar-refractivity contribution is 0.0955. The minimum atomic E-state index is -0.284. The quantitative estimate of drug-likeness (QED) is 0.575. The van der Waals surface area contributed by atoms with Crippen LogP contribution in [0.1, 0.15) is 16.1 Å². The molecule has 3 aromatic rings. The average molecular weight is 320 g/mol. The first-order valence-corrected chi connectivity index (χ1v) is 7.37. The Morgan fingerprint density at radius 3 is 2.62 bits per heavy atom. The van der Waals surface area contributed by atoms with Gasteiger partial charge in [-0.3, -0.25) is 4.79 Å². The van der Waals surface area contributed by atoms with Crippen LogP contribution in [0.2, 0.25) is 0 Å². The molecule has 2 aromatic carbocycles. The van der Waals surface area contributed by atoms with Crippen molar-refractivity contribution in [2.24, 2.45) is 5.10 Å². The highest BCUT2D eigenvalue weighted by Gasteiger charge is 2.06. The second-order valence-corrected chi connectivity index (χ2v) is 5.02. The summed E-state index contributed by atoms with van der Waals surface area (Å²) in [6.07, 6.45) is 2.99. The van der Waals surface area contributed by atoms with Crippen molar-refractivity contribution in [3.8, 4) is 16.9 Å². The Balaban J connectivity index is 1.73. The fourth-order valence-electron chi connectivity index (χ4n) is 2.21. The fraction of sp³-hybridized carbons (Fsp3) is 0.0526. The number of ether oxygens (including phenoxy) is 1. The number of furan rings is 1. The highest BCUT2D eigenvalue weighted by atomic mass is 16.5. The zero-order chi connectivity index (χ0) is 16.8. The number of carbonyl (C=O) groups is 1. The summed E-state index contributed by atoms with van der Waals surface area (Å²) < 4.78 is 10.3. The maximum absolute atomic E-state index is 12.2. The summed E-state index contributed by atoms with van der Waals surface area (Å²) in [5, 5.41) is 3.88. The van der Waals surface area contributed by atoms with Gasteiger partial charge >= 0.3 is 0 Å². The number of hydrogen-bond donors (Lipinski definition) is 1. The molecule has 1 amide bonds. The summed E-state index contributed by atoms with van der Waals surface area (Å²) in [6, 6.07) is 18.5. The lowest BCUT2D eigenvalue weighted by atomic mass is 10.0. The molecular weight excluding hydrogens is 304 g/mol. The van der Waals surface area contributed by atoms with Gasteiger partial charge in [0.2, 0.25) is 0 Å². The van der Waals surface area contributed by atoms with Crippen molar-refractivity contribution in [3.63, 3.8) is 0 Å². The van der Waals surface area contributed by atoms with Crippen molar-refractivity contribution in [1.29, 1.82) is 0 Å². The third-order valence-electron chi connectivity index (χ3n) is 3.45. The van der Waals surface area contributed by atoms with Crippen LogP contribution in [0.25, 0.3) is 11.1 Å². The Kier molecular flexibility index (Phi) is 4.72. The Labute approximate surface area is 139 Å². The first kappa shape index (κ1) is 15.6. The molecule has 1 heterocycles. The molecule has 0 fully saturated rings. The van der Waals surface area contributed by atoms with Gasteiger partial charge in [-0.25, -0.2) is 5.43 Å². The number of nitrogens with zero attached hydrogens (tertiary/aromatic N) is 1. The summed E-state index contributed by atoms with van der Waals surface area (Å²) in [6.45, 7) is 0. The van der Waals surface area contributed by atoms with E-state index in [0.29, 0.717) is 11.3 Å². The molecule has 1 N–H and O–H groups in total. The third-order valence-corrected chi connectivity index (χ3v) is 3.45. The van der Waals surface area contributed by atoms with Gasteiger partial charge in [0.25, 0.3) is 5.91 Å². The van der Waals surface area contributed by atoms with Crippen molar-refractivity contribution in [2.45, 2.75) is 0 Å². The van der Waals surface area contributed by atoms with Crippen molar-refractivity contribution < 1.29 is 13.9 Å². The van der Waals surface area contributed by atoms with Crippen LogP contribution >= 0.6 is 0 Å². The Morgan fingerprint density at radius 1 is 1.08 bits per heavy atom. The number of rotatable bonds is 5. The average Bonchev–Trinajstić information content (AvgIpc) is 3.15. The van der Waals surface area contributed by atoms with Crippen LogP contribution in [0.4, 0.5) is 0 Å². The van der Waals surface area contributed by atoms with Crippen LogP contribution < -0.4 is 10.2 Å². The topological polar surface area (TPSA) is 63.8 Å². The number of benzene rings is 2. The van der Waals surface area contributed by atoms with Crippen molar-refractivity contribution in [2.75, 3.05) is 7.11 Å². The molecule has 0 unspecified atom stereocenters. The molecule has 0 atom stereocenters. The number of nitrogens with one attached hydrogen (secondary N) is 1. The van der Waals surface area contributed by atoms with Crippen molar-refractivity contribution in [1.82, 2.24) is 5.43 Å². The second kappa shape index (κ2) is 7.28. The van der Waals surface area contributed by atoms with Gasteiger partial charge < -0.3 is 9.15 Å². The smallest absolute Gasteiger partial charge is 0.271 e. The molecule has 5 nitrogen and oxygen atoms in total. The first-order chi connectivity index (χ1) is 11.8. The molecule has 0 aliphatic carbocycles. The Hall–Kier alpha value is -3.34. The van der Waals surface area contributed by atoms with Gasteiger partial charge in [-0.05, 0) is 47.5 Å². The van der Waals surface area contributed by atoms with Gasteiger partial charge in [0.1, 0.15) is 11.5 Å². The van der Waals surface area contributed by atoms with Crippen LogP contribution in [0.15, 0.2) is 76.4 Å². The van der Waals surface area contributed by atoms with Gasteiger partial charge in [-0.1, -0.05) is 24.3 Å². The highest BCUT2D eigenvalue weighted by molar-refractivity contribution is 5.95. The normalized spacial score (nSPS) is 10.7. The molecule has 0 radical (unpaired) electrons. The minimum Gasteiger partial charge on any atom is -0.497 e. The number of amides is 1. The predicted octanol–water partition coefficient (Wildman–Crippen LogP) is 3.72. The monoisotopic (exact) mass is 320 g/mol. The van der Waals surface area contributed by atoms with Gasteiger partial charge in [0.15, 0.2) is 0 Å². The Morgan fingerprint density at radius 2 is 1.92 bits per heavy atom. The zero-order valence-electron chi connectivity index (χ0n) is 13.1. The van der Waals surface area contributed by atoms with Gasteiger partial charge in [-0.15, -0.1) is 0 Å². The lowest BCUT2D eigenvalue weighted by Gasteiger charge is -2.06. The van der Waals surface area contributed by atoms with Gasteiger partial charge in [0, 0.05) is 5.56 Å². The first-order valence-electron chi connectivity index (χ1n) is 7.37. The van der Waals surface area contributed by atoms with Crippen LogP contribution in [-0.4, -0.2) is 19.2 Å². The van der Waals surface area contributed by atoms with Crippen LogP contribution in [0.3, 0.4) is 0 Å². The summed E-state index contributed by atoms with van der Waals surface area (Å²) in [5.74, 6) is 1.08. The maximum Gasteiger partial charge on any atom is 0.271 e. The molecular formula is C19H16N2O3. The SMILES string of the molecule is COc1ccc(-c2cccc(C(=O)NN=Cc3ccco3)c2)cc1. The molecule has 0 aliphatic rings. The molecule has 0 bridgehead atoms. The van der Waals surface area contributed by atoms with Gasteiger partial charge in [-0.2, -0.15) is 5.10 Å². The number of methoxy groups -OCH3 is 1. The van der Waals surface area contributed by atoms with Crippen molar-refractivity contribution >= 4 is 12.1 Å². The molecule has 24 heavy (non-hydrogen) atoms. The van der Waals surface area contributed by atoms with E-state index in [0.717, 1.165) is 16.9 Å². The number of hydrogen-bond acceptors (Lipinski definition) is 4. The standard InChI is InChI=1S/C19H16N2O3/c1-23-17-9-7-14(8-10-17)15-4-2-5-16(12-15)19(22)21-20-13-18-6-3-11-24-18/h2-13H,1H3,(H,21,22). The Bertz CT molecular complexity index is 837. The third kappa shape index (κ3) is 3.70. The summed E-state index contributed by atoms with van der Waals surface area (Å²) in [4.78, 5) is 12.2. The minimum absolute atomic E-state index is 0.284. The molecule has 3 rings (SSSR count). The van der Waals surface area contributed by atoms with Crippen molar-refractivity contribution in [3.05, 3.63) is 78.3 Å². The lowest BCUT2D eigenvalue weighted by Crippen LogP contribution is -2.17. The molecule has 120 valence electrons.